The second-order valence-corrected chi connectivity index (χ2v) is 6.72. The van der Waals surface area contributed by atoms with Crippen molar-refractivity contribution in [2.75, 3.05) is 0 Å². The average molecular weight is 281 g/mol. The van der Waals surface area contributed by atoms with Gasteiger partial charge in [-0.25, -0.2) is 0 Å². The fraction of sp³-hybridized carbons (Fsp3) is 1.00. The third-order valence-corrected chi connectivity index (χ3v) is 4.26. The highest BCUT2D eigenvalue weighted by Crippen LogP contribution is 2.13. The molecule has 0 aromatic rings. The van der Waals surface area contributed by atoms with Gasteiger partial charge in [-0.1, -0.05) is 103 Å². The minimum atomic E-state index is 0.400. The van der Waals surface area contributed by atoms with Crippen LogP contribution in [0.1, 0.15) is 110 Å². The van der Waals surface area contributed by atoms with Crippen molar-refractivity contribution in [1.82, 2.24) is 0 Å². The lowest BCUT2D eigenvalue weighted by Crippen LogP contribution is -2.18. The van der Waals surface area contributed by atoms with Crippen LogP contribution < -0.4 is 5.73 Å². The van der Waals surface area contributed by atoms with Gasteiger partial charge in [-0.05, 0) is 12.4 Å². The number of hydrogen-bond acceptors (Lipinski definition) is 1. The number of nitrogens with two attached hydrogens (primary N) is 1. The van der Waals surface area contributed by atoms with Gasteiger partial charge in [0.1, 0.15) is 7.85 Å². The topological polar surface area (TPSA) is 26.0 Å². The lowest BCUT2D eigenvalue weighted by molar-refractivity contribution is 0.528. The van der Waals surface area contributed by atoms with Crippen LogP contribution in [0.5, 0.6) is 0 Å². The molecule has 0 saturated heterocycles. The molecule has 0 bridgehead atoms. The third-order valence-electron chi connectivity index (χ3n) is 4.26. The quantitative estimate of drug-likeness (QED) is 0.307. The van der Waals surface area contributed by atoms with Crippen LogP contribution in [-0.2, 0) is 0 Å². The van der Waals surface area contributed by atoms with E-state index in [1.54, 1.807) is 0 Å². The molecule has 120 valence electrons. The van der Waals surface area contributed by atoms with Crippen LogP contribution in [0.15, 0.2) is 0 Å². The molecule has 0 aromatic heterocycles. The van der Waals surface area contributed by atoms with E-state index in [2.05, 4.69) is 14.8 Å². The highest BCUT2D eigenvalue weighted by Gasteiger charge is 1.96. The van der Waals surface area contributed by atoms with Crippen LogP contribution >= 0.6 is 0 Å². The van der Waals surface area contributed by atoms with Crippen LogP contribution in [-0.4, -0.2) is 13.8 Å². The third kappa shape index (κ3) is 18.0. The first-order valence-electron chi connectivity index (χ1n) is 9.53. The first-order valence-corrected chi connectivity index (χ1v) is 9.53. The molecule has 0 aliphatic carbocycles. The van der Waals surface area contributed by atoms with Crippen LogP contribution in [0.2, 0.25) is 0 Å². The molecule has 0 amide bonds. The second kappa shape index (κ2) is 17.1. The Labute approximate surface area is 129 Å². The summed E-state index contributed by atoms with van der Waals surface area (Å²) in [5, 5.41) is 0. The predicted octanol–water partition coefficient (Wildman–Crippen LogP) is 5.17. The molecule has 0 aliphatic rings. The zero-order chi connectivity index (χ0) is 14.9. The van der Waals surface area contributed by atoms with E-state index in [1.165, 1.54) is 103 Å². The Morgan fingerprint density at radius 3 is 1.20 bits per heavy atom. The number of unbranched alkanes of at least 4 members (excludes halogenated alkanes) is 14. The smallest absolute Gasteiger partial charge is 0.123 e. The summed E-state index contributed by atoms with van der Waals surface area (Å²) in [4.78, 5) is 0. The van der Waals surface area contributed by atoms with E-state index in [0.29, 0.717) is 5.94 Å². The predicted molar refractivity (Wildman–Crippen MR) is 96.1 cm³/mol. The van der Waals surface area contributed by atoms with Crippen molar-refractivity contribution >= 4 is 7.85 Å². The Morgan fingerprint density at radius 1 is 0.600 bits per heavy atom. The molecule has 0 aromatic carbocycles. The Hall–Kier alpha value is 0.0249. The molecule has 1 unspecified atom stereocenters. The van der Waals surface area contributed by atoms with E-state index in [1.807, 2.05) is 0 Å². The van der Waals surface area contributed by atoms with Gasteiger partial charge in [0.15, 0.2) is 0 Å². The summed E-state index contributed by atoms with van der Waals surface area (Å²) in [6.45, 7) is 2.29. The molecular formula is C18H40BN. The van der Waals surface area contributed by atoms with E-state index < -0.39 is 0 Å². The summed E-state index contributed by atoms with van der Waals surface area (Å²) >= 11 is 0. The van der Waals surface area contributed by atoms with E-state index in [9.17, 15) is 0 Å². The van der Waals surface area contributed by atoms with E-state index in [4.69, 9.17) is 5.73 Å². The van der Waals surface area contributed by atoms with Crippen LogP contribution in [0.3, 0.4) is 0 Å². The van der Waals surface area contributed by atoms with Crippen LogP contribution in [0.4, 0.5) is 0 Å². The molecule has 0 fully saturated rings. The highest BCUT2D eigenvalue weighted by atomic mass is 14.6. The van der Waals surface area contributed by atoms with Gasteiger partial charge in [-0.15, -0.1) is 0 Å². The van der Waals surface area contributed by atoms with Crippen molar-refractivity contribution in [1.29, 1.82) is 0 Å². The number of rotatable bonds is 16. The molecule has 0 spiro atoms. The average Bonchev–Trinajstić information content (AvgIpc) is 2.43. The maximum atomic E-state index is 5.75. The summed E-state index contributed by atoms with van der Waals surface area (Å²) in [6.07, 6.45) is 22.8. The van der Waals surface area contributed by atoms with Gasteiger partial charge in [0, 0.05) is 0 Å². The second-order valence-electron chi connectivity index (χ2n) is 6.72. The summed E-state index contributed by atoms with van der Waals surface area (Å²) in [7, 11) is 2.11. The lowest BCUT2D eigenvalue weighted by Gasteiger charge is -2.05. The minimum Gasteiger partial charge on any atom is -0.335 e. The molecule has 0 aliphatic heterocycles. The molecule has 1 atom stereocenters. The molecule has 1 nitrogen and oxygen atoms in total. The standard InChI is InChI=1S/C18H40BN/c1-2-3-4-5-6-7-8-9-10-11-12-13-14-15-16-17-18(19)20/h18H,2-17,19-20H2,1H3. The largest absolute Gasteiger partial charge is 0.335 e. The van der Waals surface area contributed by atoms with Gasteiger partial charge in [0.05, 0.1) is 0 Å². The van der Waals surface area contributed by atoms with E-state index in [0.717, 1.165) is 0 Å². The summed E-state index contributed by atoms with van der Waals surface area (Å²) in [6, 6.07) is 0. The highest BCUT2D eigenvalue weighted by molar-refractivity contribution is 6.11. The molecule has 2 heteroatoms. The summed E-state index contributed by atoms with van der Waals surface area (Å²) in [5.74, 6) is 0.400. The van der Waals surface area contributed by atoms with Crippen molar-refractivity contribution in [3.8, 4) is 0 Å². The van der Waals surface area contributed by atoms with Gasteiger partial charge in [0.25, 0.3) is 0 Å². The Balaban J connectivity index is 2.92. The van der Waals surface area contributed by atoms with Gasteiger partial charge in [-0.2, -0.15) is 0 Å². The fourth-order valence-corrected chi connectivity index (χ4v) is 2.84. The molecule has 2 N–H and O–H groups in total. The Bertz CT molecular complexity index is 171. The normalized spacial score (nSPS) is 12.7. The molecule has 0 saturated carbocycles. The molecule has 0 radical (unpaired) electrons. The first-order chi connectivity index (χ1) is 9.77. The molecule has 0 heterocycles. The van der Waals surface area contributed by atoms with Crippen molar-refractivity contribution in [3.05, 3.63) is 0 Å². The molecule has 0 rings (SSSR count). The maximum Gasteiger partial charge on any atom is 0.123 e. The number of hydrogen-bond donors (Lipinski definition) is 1. The minimum absolute atomic E-state index is 0.400. The van der Waals surface area contributed by atoms with Crippen molar-refractivity contribution in [2.45, 2.75) is 116 Å². The maximum absolute atomic E-state index is 5.75. The van der Waals surface area contributed by atoms with E-state index >= 15 is 0 Å². The Kier molecular flexibility index (Phi) is 17.1. The van der Waals surface area contributed by atoms with Gasteiger partial charge in [-0.3, -0.25) is 0 Å². The van der Waals surface area contributed by atoms with E-state index in [-0.39, 0.29) is 0 Å². The Morgan fingerprint density at radius 2 is 0.900 bits per heavy atom. The van der Waals surface area contributed by atoms with Crippen LogP contribution in [0, 0.1) is 0 Å². The van der Waals surface area contributed by atoms with Crippen molar-refractivity contribution < 1.29 is 0 Å². The lowest BCUT2D eigenvalue weighted by atomic mass is 9.92. The zero-order valence-corrected chi connectivity index (χ0v) is 14.5. The zero-order valence-electron chi connectivity index (χ0n) is 14.5. The van der Waals surface area contributed by atoms with Gasteiger partial charge >= 0.3 is 0 Å². The monoisotopic (exact) mass is 281 g/mol. The summed E-state index contributed by atoms with van der Waals surface area (Å²) < 4.78 is 0. The summed E-state index contributed by atoms with van der Waals surface area (Å²) in [5.41, 5.74) is 5.75. The SMILES string of the molecule is BC(N)CCCCCCCCCCCCCCCCC. The fourth-order valence-electron chi connectivity index (χ4n) is 2.84. The van der Waals surface area contributed by atoms with Crippen molar-refractivity contribution in [3.63, 3.8) is 0 Å². The van der Waals surface area contributed by atoms with Gasteiger partial charge < -0.3 is 5.73 Å². The molecular weight excluding hydrogens is 241 g/mol. The van der Waals surface area contributed by atoms with Crippen molar-refractivity contribution in [2.24, 2.45) is 5.73 Å². The van der Waals surface area contributed by atoms with Gasteiger partial charge in [0.2, 0.25) is 0 Å². The van der Waals surface area contributed by atoms with Crippen LogP contribution in [0.25, 0.3) is 0 Å². The molecule has 20 heavy (non-hydrogen) atoms. The first kappa shape index (κ1) is 20.0.